The highest BCUT2D eigenvalue weighted by atomic mass is 32.2. The van der Waals surface area contributed by atoms with Crippen LogP contribution in [0.25, 0.3) is 21.8 Å². The van der Waals surface area contributed by atoms with Crippen LogP contribution in [0.1, 0.15) is 96.8 Å². The molecule has 604 valence electrons. The molecule has 0 radical (unpaired) electrons. The van der Waals surface area contributed by atoms with E-state index in [0.29, 0.717) is 38.5 Å². The summed E-state index contributed by atoms with van der Waals surface area (Å²) in [7, 11) is 0. The Morgan fingerprint density at radius 2 is 0.883 bits per heavy atom. The number of aliphatic hydroxyl groups excluding tert-OH is 2. The zero-order valence-electron chi connectivity index (χ0n) is 62.8. The number of nitrogens with one attached hydrogen (secondary N) is 18. The van der Waals surface area contributed by atoms with Crippen molar-refractivity contribution >= 4 is 122 Å². The van der Waals surface area contributed by atoms with Crippen LogP contribution in [-0.4, -0.2) is 225 Å². The molecule has 0 spiro atoms. The maximum atomic E-state index is 14.8. The number of nitrogens with two attached hydrogens (primary N) is 3. The Kier molecular flexibility index (Phi) is 34.7. The monoisotopic (exact) mass is 1560 g/mol. The molecular weight excluding hydrogens is 1460 g/mol. The molecule has 6 rings (SSSR count). The normalized spacial score (nSPS) is 23.5. The summed E-state index contributed by atoms with van der Waals surface area (Å²) in [6.07, 6.45) is 2.77. The molecule has 38 heteroatoms. The van der Waals surface area contributed by atoms with E-state index in [-0.39, 0.29) is 82.4 Å². The van der Waals surface area contributed by atoms with Crippen molar-refractivity contribution in [3.8, 4) is 5.75 Å². The van der Waals surface area contributed by atoms with E-state index in [0.717, 1.165) is 11.8 Å². The minimum atomic E-state index is -1.84. The van der Waals surface area contributed by atoms with Gasteiger partial charge in [0.2, 0.25) is 76.8 Å². The summed E-state index contributed by atoms with van der Waals surface area (Å²) in [5, 5.41) is 84.2. The lowest BCUT2D eigenvalue weighted by atomic mass is 9.95. The minimum Gasteiger partial charge on any atom is -0.508 e. The summed E-state index contributed by atoms with van der Waals surface area (Å²) >= 11 is 0.835. The van der Waals surface area contributed by atoms with Crippen molar-refractivity contribution in [2.45, 2.75) is 166 Å². The summed E-state index contributed by atoms with van der Waals surface area (Å²) in [6.45, 7) is 6.82. The molecule has 1 saturated heterocycles. The first-order valence-electron chi connectivity index (χ1n) is 36.6. The molecule has 0 aliphatic carbocycles. The summed E-state index contributed by atoms with van der Waals surface area (Å²) in [5.41, 5.74) is 19.8. The molecule has 37 nitrogen and oxygen atoms in total. The van der Waals surface area contributed by atoms with Crippen molar-refractivity contribution in [1.82, 2.24) is 84.4 Å². The number of aliphatic hydroxyl groups is 2. The van der Waals surface area contributed by atoms with E-state index in [1.165, 1.54) is 24.3 Å². The standard InChI is InChI=1S/C73H105N21O16S/c1-7-38(5)59-70(109)87-49(20-14-26-80-73(77)78)64(103)93-60(39(6)8-2)71(110)90-54(34-96)68(107)86-48(19-13-25-79-72(75)76)63(102)89-53(33-95)62(101)83-32-56(98)84-51(28-41-30-81-46-17-11-9-15-44(41)46)67(106)92-58(37(3)4)69(108)88-52(29-42-31-82-47-18-12-10-16-45(42)47)65(104)91-55(61(74)100)35-111-36-57(99)85-50(66(105)94-59)27-40-21-23-43(97)24-22-40/h9-12,15-18,21-24,30-31,37-39,48-55,58-60,81-82,95-97H,7-8,13-14,19-20,25-29,32-36H2,1-6H3,(H2,74,100)(H,83,101)(H,84,98)(H,85,99)(H,86,107)(H,87,109)(H,88,108)(H,89,102)(H,90,110)(H,91,104)(H,92,106)(H,93,103)(H,94,105)(H4,75,76,79)(H4,77,78,80)/t38-,39-,48-,49-,50-,51-,52-,53-,54-,55-,58-,59-,60-/m0/s1. The number of primary amides is 1. The van der Waals surface area contributed by atoms with E-state index in [1.54, 1.807) is 102 Å². The van der Waals surface area contributed by atoms with E-state index < -0.39 is 198 Å². The Morgan fingerprint density at radius 3 is 1.37 bits per heavy atom. The maximum absolute atomic E-state index is 14.8. The van der Waals surface area contributed by atoms with Crippen molar-refractivity contribution < 1.29 is 77.6 Å². The average Bonchev–Trinajstić information content (AvgIpc) is 1.77. The van der Waals surface area contributed by atoms with Crippen LogP contribution in [0.15, 0.2) is 85.2 Å². The number of thioether (sulfide) groups is 1. The molecule has 27 N–H and O–H groups in total. The molecule has 0 saturated carbocycles. The lowest BCUT2D eigenvalue weighted by Crippen LogP contribution is -2.62. The minimum absolute atomic E-state index is 0.0105. The SMILES string of the molecule is CC[C@H](C)[C@@H]1NC(=O)[C@H](CCCNC(=N)N)NC(=O)[C@H]([C@@H](C)CC)NC(=O)[C@H](Cc2ccc(O)cc2)NC(=O)CSC[C@@H](C(N)=O)NC(=O)[C@H](Cc2c[nH]c3ccccc23)NC(=O)[C@H](C(C)C)NC(=O)[C@H](Cc2c[nH]c3ccccc23)NC(=O)CNC(=O)[C@H](CO)NC(=O)[C@H](CCCNC(=N)N)NC(=O)[C@H](CO)NC1=O. The Labute approximate surface area is 645 Å². The van der Waals surface area contributed by atoms with Gasteiger partial charge in [-0.25, -0.2) is 0 Å². The van der Waals surface area contributed by atoms with E-state index >= 15 is 0 Å². The third-order valence-electron chi connectivity index (χ3n) is 18.8. The number of hydrogen-bond donors (Lipinski definition) is 24. The zero-order chi connectivity index (χ0) is 81.6. The number of benzene rings is 3. The van der Waals surface area contributed by atoms with Crippen LogP contribution in [-0.2, 0) is 81.6 Å². The van der Waals surface area contributed by atoms with E-state index in [1.807, 2.05) is 0 Å². The van der Waals surface area contributed by atoms with Crippen molar-refractivity contribution in [2.24, 2.45) is 35.0 Å². The number of carbonyl (C=O) groups excluding carboxylic acids is 13. The van der Waals surface area contributed by atoms with E-state index in [4.69, 9.17) is 28.0 Å². The molecule has 13 atom stereocenters. The maximum Gasteiger partial charge on any atom is 0.245 e. The highest BCUT2D eigenvalue weighted by molar-refractivity contribution is 8.00. The second-order valence-corrected chi connectivity index (χ2v) is 28.6. The average molecular weight is 1560 g/mol. The van der Waals surface area contributed by atoms with E-state index in [2.05, 4.69) is 84.4 Å². The Bertz CT molecular complexity index is 4100. The van der Waals surface area contributed by atoms with Gasteiger partial charge in [-0.3, -0.25) is 73.1 Å². The third-order valence-corrected chi connectivity index (χ3v) is 19.8. The number of rotatable bonds is 22. The number of aromatic hydroxyl groups is 1. The van der Waals surface area contributed by atoms with Gasteiger partial charge in [0.25, 0.3) is 0 Å². The largest absolute Gasteiger partial charge is 0.508 e. The molecule has 5 aromatic rings. The van der Waals surface area contributed by atoms with Crippen LogP contribution in [0.2, 0.25) is 0 Å². The molecule has 3 aromatic carbocycles. The summed E-state index contributed by atoms with van der Waals surface area (Å²) in [5.74, 6) is -16.4. The first-order chi connectivity index (χ1) is 52.8. The molecule has 1 fully saturated rings. The number of guanidine groups is 2. The Morgan fingerprint density at radius 1 is 0.486 bits per heavy atom. The molecule has 1 aliphatic rings. The number of fused-ring (bicyclic) bond motifs is 2. The molecule has 0 unspecified atom stereocenters. The van der Waals surface area contributed by atoms with Crippen LogP contribution in [0.3, 0.4) is 0 Å². The van der Waals surface area contributed by atoms with Gasteiger partial charge in [-0.2, -0.15) is 0 Å². The number of H-pyrrole nitrogens is 2. The van der Waals surface area contributed by atoms with Crippen LogP contribution in [0.4, 0.5) is 0 Å². The molecular formula is C73H105N21O16S. The van der Waals surface area contributed by atoms with Gasteiger partial charge in [0.15, 0.2) is 11.9 Å². The molecule has 13 amide bonds. The van der Waals surface area contributed by atoms with Crippen LogP contribution in [0.5, 0.6) is 5.75 Å². The van der Waals surface area contributed by atoms with Crippen LogP contribution in [0, 0.1) is 28.6 Å². The van der Waals surface area contributed by atoms with Crippen LogP contribution >= 0.6 is 11.8 Å². The highest BCUT2D eigenvalue weighted by Gasteiger charge is 2.39. The number of carbonyl (C=O) groups is 13. The number of aromatic amines is 2. The summed E-state index contributed by atoms with van der Waals surface area (Å²) < 4.78 is 0. The predicted octanol–water partition coefficient (Wildman–Crippen LogP) is -3.68. The first-order valence-corrected chi connectivity index (χ1v) is 37.7. The fourth-order valence-electron chi connectivity index (χ4n) is 12.1. The number of phenolic OH excluding ortho intramolecular Hbond substituents is 1. The topological polar surface area (TPSA) is 608 Å². The van der Waals surface area contributed by atoms with Crippen molar-refractivity contribution in [3.63, 3.8) is 0 Å². The molecule has 2 aromatic heterocycles. The first kappa shape index (κ1) is 88.4. The number of para-hydroxylation sites is 2. The second-order valence-electron chi connectivity index (χ2n) is 27.5. The van der Waals surface area contributed by atoms with Crippen molar-refractivity contribution in [2.75, 3.05) is 44.4 Å². The van der Waals surface area contributed by atoms with Gasteiger partial charge in [-0.15, -0.1) is 11.8 Å². The lowest BCUT2D eigenvalue weighted by molar-refractivity contribution is -0.137. The number of amides is 13. The summed E-state index contributed by atoms with van der Waals surface area (Å²) in [4.78, 5) is 193. The molecule has 111 heavy (non-hydrogen) atoms. The number of phenols is 1. The number of hydrogen-bond acceptors (Lipinski definition) is 19. The second kappa shape index (κ2) is 43.6. The van der Waals surface area contributed by atoms with Gasteiger partial charge in [-0.05, 0) is 84.4 Å². The van der Waals surface area contributed by atoms with Crippen LogP contribution < -0.4 is 91.6 Å². The molecule has 1 aliphatic heterocycles. The summed E-state index contributed by atoms with van der Waals surface area (Å²) in [6, 6.07) is 2.80. The molecule has 0 bridgehead atoms. The zero-order valence-corrected chi connectivity index (χ0v) is 63.6. The third kappa shape index (κ3) is 27.2. The van der Waals surface area contributed by atoms with Gasteiger partial charge in [-0.1, -0.05) is 103 Å². The van der Waals surface area contributed by atoms with Crippen molar-refractivity contribution in [1.29, 1.82) is 10.8 Å². The van der Waals surface area contributed by atoms with Gasteiger partial charge in [0, 0.05) is 72.3 Å². The predicted molar refractivity (Wildman–Crippen MR) is 413 cm³/mol. The Hall–Kier alpha value is -11.5. The highest BCUT2D eigenvalue weighted by Crippen LogP contribution is 2.23. The quantitative estimate of drug-likeness (QED) is 0.0180. The smallest absolute Gasteiger partial charge is 0.245 e. The van der Waals surface area contributed by atoms with Gasteiger partial charge < -0.3 is 117 Å². The van der Waals surface area contributed by atoms with Gasteiger partial charge in [0.1, 0.15) is 72.2 Å². The van der Waals surface area contributed by atoms with Crippen molar-refractivity contribution in [3.05, 3.63) is 102 Å². The fourth-order valence-corrected chi connectivity index (χ4v) is 12.9. The number of aromatic nitrogens is 2. The van der Waals surface area contributed by atoms with E-state index in [9.17, 15) is 77.6 Å². The molecule has 3 heterocycles. The van der Waals surface area contributed by atoms with Gasteiger partial charge in [0.05, 0.1) is 25.5 Å². The lowest BCUT2D eigenvalue weighted by Gasteiger charge is -2.30. The van der Waals surface area contributed by atoms with Gasteiger partial charge >= 0.3 is 0 Å². The Balaban J connectivity index is 1.40. The fraction of sp³-hybridized carbons (Fsp3) is 0.493.